The average Bonchev–Trinajstić information content (AvgIpc) is 3.01. The Kier molecular flexibility index (Phi) is 12.2. The SMILES string of the molecule is C=C1C(Oc2ccccc2)C(OC(C)=O)C(OC(C)=O)C(C)(C)C=CC(C)C(=O)C2(O)CC(C)(O)C(OC(C)=O)C(C2=O)C1OC(=O)C(C)C. The van der Waals surface area contributed by atoms with Gasteiger partial charge in [-0.25, -0.2) is 0 Å². The van der Waals surface area contributed by atoms with E-state index in [1.807, 2.05) is 0 Å². The molecule has 0 aromatic heterocycles. The van der Waals surface area contributed by atoms with Crippen molar-refractivity contribution in [3.63, 3.8) is 0 Å². The highest BCUT2D eigenvalue weighted by Gasteiger charge is 2.65. The highest BCUT2D eigenvalue weighted by Crippen LogP contribution is 2.45. The lowest BCUT2D eigenvalue weighted by Crippen LogP contribution is -2.69. The van der Waals surface area contributed by atoms with Gasteiger partial charge in [0.15, 0.2) is 35.5 Å². The molecule has 1 fully saturated rings. The lowest BCUT2D eigenvalue weighted by atomic mass is 9.62. The van der Waals surface area contributed by atoms with Crippen LogP contribution < -0.4 is 4.74 Å². The molecule has 1 aromatic carbocycles. The largest absolute Gasteiger partial charge is 0.482 e. The molecule has 1 saturated carbocycles. The van der Waals surface area contributed by atoms with Crippen molar-refractivity contribution in [2.75, 3.05) is 0 Å². The van der Waals surface area contributed by atoms with Gasteiger partial charge in [-0.15, -0.1) is 0 Å². The van der Waals surface area contributed by atoms with Gasteiger partial charge >= 0.3 is 23.9 Å². The molecule has 9 unspecified atom stereocenters. The van der Waals surface area contributed by atoms with E-state index in [2.05, 4.69) is 6.58 Å². The molecule has 50 heavy (non-hydrogen) atoms. The molecule has 0 heterocycles. The molecule has 13 nitrogen and oxygen atoms in total. The van der Waals surface area contributed by atoms with E-state index in [9.17, 15) is 39.0 Å². The van der Waals surface area contributed by atoms with E-state index in [0.717, 1.165) is 20.8 Å². The topological polar surface area (TPSA) is 189 Å². The van der Waals surface area contributed by atoms with Gasteiger partial charge in [0.25, 0.3) is 0 Å². The van der Waals surface area contributed by atoms with Crippen molar-refractivity contribution < 1.29 is 62.7 Å². The van der Waals surface area contributed by atoms with Crippen molar-refractivity contribution in [2.24, 2.45) is 23.2 Å². The van der Waals surface area contributed by atoms with Gasteiger partial charge in [0.1, 0.15) is 29.5 Å². The number of hydrogen-bond acceptors (Lipinski definition) is 13. The molecule has 0 radical (unpaired) electrons. The number of ketones is 2. The van der Waals surface area contributed by atoms with Crippen LogP contribution in [0.15, 0.2) is 54.6 Å². The molecule has 0 spiro atoms. The Morgan fingerprint density at radius 3 is 1.88 bits per heavy atom. The molecule has 2 aliphatic carbocycles. The number of hydrogen-bond donors (Lipinski definition) is 2. The second-order valence-corrected chi connectivity index (χ2v) is 14.2. The third-order valence-corrected chi connectivity index (χ3v) is 8.89. The lowest BCUT2D eigenvalue weighted by Gasteiger charge is -2.49. The number of para-hydroxylation sites is 1. The van der Waals surface area contributed by atoms with Crippen molar-refractivity contribution in [3.05, 3.63) is 54.6 Å². The Balaban J connectivity index is 2.53. The van der Waals surface area contributed by atoms with E-state index in [-0.39, 0.29) is 11.3 Å². The Labute approximate surface area is 291 Å². The number of allylic oxidation sites excluding steroid dienone is 1. The van der Waals surface area contributed by atoms with Crippen LogP contribution in [0, 0.1) is 23.2 Å². The summed E-state index contributed by atoms with van der Waals surface area (Å²) in [5, 5.41) is 23.8. The van der Waals surface area contributed by atoms with Crippen molar-refractivity contribution >= 4 is 35.4 Å². The Morgan fingerprint density at radius 1 is 0.820 bits per heavy atom. The van der Waals surface area contributed by atoms with E-state index in [4.69, 9.17) is 23.7 Å². The number of carbonyl (C=O) groups excluding carboxylic acids is 6. The van der Waals surface area contributed by atoms with E-state index in [1.54, 1.807) is 44.2 Å². The zero-order chi connectivity index (χ0) is 37.9. The Hall–Kier alpha value is -4.36. The van der Waals surface area contributed by atoms with Gasteiger partial charge in [0, 0.05) is 44.1 Å². The van der Waals surface area contributed by atoms with Crippen LogP contribution in [0.25, 0.3) is 0 Å². The maximum atomic E-state index is 14.6. The van der Waals surface area contributed by atoms with Gasteiger partial charge in [-0.05, 0) is 19.1 Å². The molecular weight excluding hydrogens is 652 g/mol. The van der Waals surface area contributed by atoms with Crippen LogP contribution in [0.3, 0.4) is 0 Å². The first kappa shape index (κ1) is 40.1. The summed E-state index contributed by atoms with van der Waals surface area (Å²) in [6, 6.07) is 8.15. The van der Waals surface area contributed by atoms with Crippen LogP contribution in [-0.2, 0) is 47.7 Å². The molecule has 0 aliphatic heterocycles. The zero-order valence-corrected chi connectivity index (χ0v) is 30.0. The summed E-state index contributed by atoms with van der Waals surface area (Å²) in [6.45, 7) is 16.4. The summed E-state index contributed by atoms with van der Waals surface area (Å²) < 4.78 is 29.5. The van der Waals surface area contributed by atoms with E-state index < -0.39 is 107 Å². The predicted molar refractivity (Wildman–Crippen MR) is 177 cm³/mol. The van der Waals surface area contributed by atoms with Crippen molar-refractivity contribution in [2.45, 2.75) is 110 Å². The lowest BCUT2D eigenvalue weighted by molar-refractivity contribution is -0.212. The normalized spacial score (nSPS) is 32.9. The van der Waals surface area contributed by atoms with Crippen molar-refractivity contribution in [1.29, 1.82) is 0 Å². The van der Waals surface area contributed by atoms with Crippen LogP contribution in [-0.4, -0.2) is 87.4 Å². The van der Waals surface area contributed by atoms with Gasteiger partial charge in [-0.3, -0.25) is 28.8 Å². The molecule has 3 rings (SSSR count). The summed E-state index contributed by atoms with van der Waals surface area (Å²) in [7, 11) is 0. The number of rotatable bonds is 7. The molecule has 2 N–H and O–H groups in total. The number of benzene rings is 1. The van der Waals surface area contributed by atoms with Crippen LogP contribution >= 0.6 is 0 Å². The summed E-state index contributed by atoms with van der Waals surface area (Å²) in [5.74, 6) is -9.31. The van der Waals surface area contributed by atoms with Crippen LogP contribution in [0.5, 0.6) is 5.75 Å². The maximum Gasteiger partial charge on any atom is 0.308 e. The minimum atomic E-state index is -2.87. The van der Waals surface area contributed by atoms with E-state index in [1.165, 1.54) is 39.8 Å². The number of esters is 4. The Bertz CT molecular complexity index is 1520. The average molecular weight is 701 g/mol. The molecule has 0 amide bonds. The van der Waals surface area contributed by atoms with E-state index >= 15 is 0 Å². The zero-order valence-electron chi connectivity index (χ0n) is 30.0. The molecule has 13 heteroatoms. The molecule has 2 bridgehead atoms. The summed E-state index contributed by atoms with van der Waals surface area (Å²) in [5.41, 5.74) is -6.62. The number of aliphatic hydroxyl groups is 2. The third-order valence-electron chi connectivity index (χ3n) is 8.89. The first-order valence-corrected chi connectivity index (χ1v) is 16.4. The number of fused-ring (bicyclic) bond motifs is 2. The molecular formula is C37H48O13. The van der Waals surface area contributed by atoms with Crippen LogP contribution in [0.4, 0.5) is 0 Å². The number of carbonyl (C=O) groups is 6. The molecule has 2 aliphatic rings. The smallest absolute Gasteiger partial charge is 0.308 e. The third kappa shape index (κ3) is 8.67. The quantitative estimate of drug-likeness (QED) is 0.183. The fraction of sp³-hybridized carbons (Fsp3) is 0.568. The number of ether oxygens (including phenoxy) is 5. The van der Waals surface area contributed by atoms with E-state index in [0.29, 0.717) is 0 Å². The standard InChI is InChI=1S/C37H48O13/c1-19(2)34(43)50-27-21(4)28(49-25-14-12-11-13-15-25)29(46-22(5)38)33(48-24(7)40)35(8,9)17-16-20(3)30(41)37(45)18-36(10,44)32(47-23(6)39)26(27)31(37)42/h11-17,19-20,26-29,32-33,44-45H,4,18H2,1-3,5-10H3. The summed E-state index contributed by atoms with van der Waals surface area (Å²) in [6.07, 6.45) is -6.12. The maximum absolute atomic E-state index is 14.6. The van der Waals surface area contributed by atoms with Crippen molar-refractivity contribution in [1.82, 2.24) is 0 Å². The molecule has 1 aromatic rings. The van der Waals surface area contributed by atoms with Crippen molar-refractivity contribution in [3.8, 4) is 5.75 Å². The second kappa shape index (κ2) is 15.3. The minimum absolute atomic E-state index is 0.197. The first-order valence-electron chi connectivity index (χ1n) is 16.4. The summed E-state index contributed by atoms with van der Waals surface area (Å²) >= 11 is 0. The fourth-order valence-corrected chi connectivity index (χ4v) is 6.44. The van der Waals surface area contributed by atoms with Gasteiger partial charge in [-0.2, -0.15) is 0 Å². The van der Waals surface area contributed by atoms with Crippen LogP contribution in [0.2, 0.25) is 0 Å². The highest BCUT2D eigenvalue weighted by molar-refractivity contribution is 6.13. The number of Topliss-reactive ketones (excluding diaryl/α,β-unsaturated/α-hetero) is 2. The van der Waals surface area contributed by atoms with Crippen LogP contribution in [0.1, 0.15) is 68.7 Å². The second-order valence-electron chi connectivity index (χ2n) is 14.2. The van der Waals surface area contributed by atoms with Gasteiger partial charge < -0.3 is 33.9 Å². The molecule has 9 atom stereocenters. The first-order chi connectivity index (χ1) is 23.0. The van der Waals surface area contributed by atoms with Gasteiger partial charge in [0.05, 0.1) is 5.92 Å². The Morgan fingerprint density at radius 2 is 1.36 bits per heavy atom. The highest BCUT2D eigenvalue weighted by atomic mass is 16.6. The fourth-order valence-electron chi connectivity index (χ4n) is 6.44. The molecule has 0 saturated heterocycles. The minimum Gasteiger partial charge on any atom is -0.482 e. The predicted octanol–water partition coefficient (Wildman–Crippen LogP) is 3.23. The molecule has 274 valence electrons. The monoisotopic (exact) mass is 700 g/mol. The summed E-state index contributed by atoms with van der Waals surface area (Å²) in [4.78, 5) is 80.0. The van der Waals surface area contributed by atoms with Gasteiger partial charge in [0.2, 0.25) is 0 Å². The van der Waals surface area contributed by atoms with Gasteiger partial charge in [-0.1, -0.05) is 71.5 Å².